The Labute approximate surface area is 165 Å². The second kappa shape index (κ2) is 7.91. The molecule has 2 atom stereocenters. The van der Waals surface area contributed by atoms with Crippen LogP contribution in [0.3, 0.4) is 0 Å². The van der Waals surface area contributed by atoms with E-state index in [2.05, 4.69) is 17.1 Å². The number of amides is 3. The lowest BCUT2D eigenvalue weighted by atomic mass is 10.0. The highest BCUT2D eigenvalue weighted by atomic mass is 16.5. The van der Waals surface area contributed by atoms with Crippen LogP contribution < -0.4 is 10.1 Å². The molecule has 28 heavy (non-hydrogen) atoms. The van der Waals surface area contributed by atoms with E-state index in [1.807, 2.05) is 12.1 Å². The van der Waals surface area contributed by atoms with Crippen molar-refractivity contribution >= 4 is 17.7 Å². The average Bonchev–Trinajstić information content (AvgIpc) is 3.26. The van der Waals surface area contributed by atoms with Crippen molar-refractivity contribution in [1.29, 1.82) is 0 Å². The fraction of sp³-hybridized carbons (Fsp3) is 0.571. The molecule has 2 fully saturated rings. The van der Waals surface area contributed by atoms with E-state index < -0.39 is 6.04 Å². The van der Waals surface area contributed by atoms with Gasteiger partial charge in [0.2, 0.25) is 11.8 Å². The van der Waals surface area contributed by atoms with Gasteiger partial charge < -0.3 is 14.5 Å². The summed E-state index contributed by atoms with van der Waals surface area (Å²) in [5.74, 6) is -0.0470. The van der Waals surface area contributed by atoms with Crippen LogP contribution >= 0.6 is 0 Å². The number of carbonyl (C=O) groups excluding carboxylic acids is 3. The molecule has 0 bridgehead atoms. The maximum absolute atomic E-state index is 12.7. The molecule has 0 saturated carbocycles. The standard InChI is InChI=1S/C21H27N3O4/c1-2-23-10-3-4-15(23)9-11-28-16-5-6-17-14(12-16)13-24(21(17)27)18-7-8-19(25)22-20(18)26/h5-6,12,15,18H,2-4,7-11,13H2,1H3,(H,22,25,26)/t15-,18?/m0/s1. The Morgan fingerprint density at radius 2 is 2.07 bits per heavy atom. The van der Waals surface area contributed by atoms with E-state index in [4.69, 9.17) is 4.74 Å². The van der Waals surface area contributed by atoms with Crippen molar-refractivity contribution in [2.45, 2.75) is 57.7 Å². The Morgan fingerprint density at radius 1 is 1.21 bits per heavy atom. The molecule has 2 saturated heterocycles. The van der Waals surface area contributed by atoms with E-state index in [1.54, 1.807) is 11.0 Å². The Bertz CT molecular complexity index is 794. The fourth-order valence-corrected chi connectivity index (χ4v) is 4.59. The molecule has 7 heteroatoms. The van der Waals surface area contributed by atoms with Crippen molar-refractivity contribution < 1.29 is 19.1 Å². The predicted octanol–water partition coefficient (Wildman–Crippen LogP) is 1.70. The summed E-state index contributed by atoms with van der Waals surface area (Å²) in [7, 11) is 0. The number of piperidine rings is 1. The number of nitrogens with one attached hydrogen (secondary N) is 1. The molecular weight excluding hydrogens is 358 g/mol. The van der Waals surface area contributed by atoms with E-state index in [1.165, 1.54) is 19.4 Å². The van der Waals surface area contributed by atoms with E-state index in [0.29, 0.717) is 31.2 Å². The molecule has 0 aliphatic carbocycles. The number of imide groups is 1. The summed E-state index contributed by atoms with van der Waals surface area (Å²) in [5.41, 5.74) is 1.49. The van der Waals surface area contributed by atoms with Gasteiger partial charge in [0.05, 0.1) is 6.61 Å². The summed E-state index contributed by atoms with van der Waals surface area (Å²) in [6.45, 7) is 5.50. The minimum atomic E-state index is -0.579. The van der Waals surface area contributed by atoms with Gasteiger partial charge in [0.1, 0.15) is 11.8 Å². The number of nitrogens with zero attached hydrogens (tertiary/aromatic N) is 2. The smallest absolute Gasteiger partial charge is 0.255 e. The van der Waals surface area contributed by atoms with Gasteiger partial charge in [-0.2, -0.15) is 0 Å². The topological polar surface area (TPSA) is 79.0 Å². The number of hydrogen-bond donors (Lipinski definition) is 1. The van der Waals surface area contributed by atoms with Crippen LogP contribution in [0.2, 0.25) is 0 Å². The molecule has 3 aliphatic heterocycles. The van der Waals surface area contributed by atoms with Gasteiger partial charge in [0.15, 0.2) is 0 Å². The van der Waals surface area contributed by atoms with Crippen LogP contribution in [-0.2, 0) is 16.1 Å². The second-order valence-electron chi connectivity index (χ2n) is 7.78. The number of likely N-dealkylation sites (tertiary alicyclic amines) is 1. The summed E-state index contributed by atoms with van der Waals surface area (Å²) in [4.78, 5) is 40.3. The van der Waals surface area contributed by atoms with Crippen LogP contribution in [0.15, 0.2) is 18.2 Å². The maximum atomic E-state index is 12.7. The molecule has 1 unspecified atom stereocenters. The molecule has 1 aromatic carbocycles. The van der Waals surface area contributed by atoms with Gasteiger partial charge in [-0.25, -0.2) is 0 Å². The molecule has 0 aromatic heterocycles. The van der Waals surface area contributed by atoms with Crippen molar-refractivity contribution in [3.8, 4) is 5.75 Å². The van der Waals surface area contributed by atoms with Crippen LogP contribution in [0.4, 0.5) is 0 Å². The Balaban J connectivity index is 1.37. The fourth-order valence-electron chi connectivity index (χ4n) is 4.59. The van der Waals surface area contributed by atoms with Crippen molar-refractivity contribution in [3.05, 3.63) is 29.3 Å². The van der Waals surface area contributed by atoms with E-state index in [0.717, 1.165) is 24.3 Å². The minimum absolute atomic E-state index is 0.152. The number of carbonyl (C=O) groups is 3. The van der Waals surface area contributed by atoms with Gasteiger partial charge in [0, 0.05) is 24.6 Å². The number of ether oxygens (including phenoxy) is 1. The van der Waals surface area contributed by atoms with Crippen LogP contribution in [0.1, 0.15) is 54.9 Å². The highest BCUT2D eigenvalue weighted by Crippen LogP contribution is 2.30. The zero-order chi connectivity index (χ0) is 19.7. The van der Waals surface area contributed by atoms with E-state index in [9.17, 15) is 14.4 Å². The zero-order valence-electron chi connectivity index (χ0n) is 16.3. The number of hydrogen-bond acceptors (Lipinski definition) is 5. The molecule has 150 valence electrons. The van der Waals surface area contributed by atoms with Crippen molar-refractivity contribution in [2.24, 2.45) is 0 Å². The normalized spacial score (nSPS) is 25.2. The highest BCUT2D eigenvalue weighted by molar-refractivity contribution is 6.05. The molecule has 4 rings (SSSR count). The van der Waals surface area contributed by atoms with Crippen LogP contribution in [0.25, 0.3) is 0 Å². The van der Waals surface area contributed by atoms with Crippen LogP contribution in [0.5, 0.6) is 5.75 Å². The monoisotopic (exact) mass is 385 g/mol. The molecule has 3 heterocycles. The quantitative estimate of drug-likeness (QED) is 0.754. The molecular formula is C21H27N3O4. The van der Waals surface area contributed by atoms with Gasteiger partial charge in [-0.15, -0.1) is 0 Å². The molecule has 1 N–H and O–H groups in total. The summed E-state index contributed by atoms with van der Waals surface area (Å²) in [6.07, 6.45) is 4.14. The third kappa shape index (κ3) is 3.63. The first-order valence-corrected chi connectivity index (χ1v) is 10.2. The van der Waals surface area contributed by atoms with Gasteiger partial charge in [-0.3, -0.25) is 19.7 Å². The predicted molar refractivity (Wildman–Crippen MR) is 103 cm³/mol. The Hall–Kier alpha value is -2.41. The molecule has 0 radical (unpaired) electrons. The summed E-state index contributed by atoms with van der Waals surface area (Å²) >= 11 is 0. The summed E-state index contributed by atoms with van der Waals surface area (Å²) in [6, 6.07) is 5.54. The summed E-state index contributed by atoms with van der Waals surface area (Å²) in [5, 5.41) is 2.33. The largest absolute Gasteiger partial charge is 0.494 e. The van der Waals surface area contributed by atoms with Gasteiger partial charge in [0.25, 0.3) is 5.91 Å². The van der Waals surface area contributed by atoms with E-state index in [-0.39, 0.29) is 24.1 Å². The maximum Gasteiger partial charge on any atom is 0.255 e. The molecule has 7 nitrogen and oxygen atoms in total. The lowest BCUT2D eigenvalue weighted by Crippen LogP contribution is -2.52. The van der Waals surface area contributed by atoms with Crippen LogP contribution in [-0.4, -0.2) is 59.3 Å². The van der Waals surface area contributed by atoms with E-state index >= 15 is 0 Å². The van der Waals surface area contributed by atoms with Gasteiger partial charge >= 0.3 is 0 Å². The summed E-state index contributed by atoms with van der Waals surface area (Å²) < 4.78 is 5.96. The lowest BCUT2D eigenvalue weighted by Gasteiger charge is -2.29. The Morgan fingerprint density at radius 3 is 2.86 bits per heavy atom. The van der Waals surface area contributed by atoms with Crippen molar-refractivity contribution in [2.75, 3.05) is 19.7 Å². The first-order chi connectivity index (χ1) is 13.6. The Kier molecular flexibility index (Phi) is 5.35. The van der Waals surface area contributed by atoms with Gasteiger partial charge in [-0.05, 0) is 62.5 Å². The first kappa shape index (κ1) is 18.9. The first-order valence-electron chi connectivity index (χ1n) is 10.2. The minimum Gasteiger partial charge on any atom is -0.494 e. The third-order valence-electron chi connectivity index (χ3n) is 6.12. The third-order valence-corrected chi connectivity index (χ3v) is 6.12. The molecule has 3 aliphatic rings. The molecule has 1 aromatic rings. The number of fused-ring (bicyclic) bond motifs is 1. The van der Waals surface area contributed by atoms with Gasteiger partial charge in [-0.1, -0.05) is 6.92 Å². The van der Waals surface area contributed by atoms with Crippen molar-refractivity contribution in [1.82, 2.24) is 15.1 Å². The average molecular weight is 385 g/mol. The van der Waals surface area contributed by atoms with Crippen LogP contribution in [0, 0.1) is 0 Å². The zero-order valence-corrected chi connectivity index (χ0v) is 16.3. The second-order valence-corrected chi connectivity index (χ2v) is 7.78. The number of rotatable bonds is 6. The highest BCUT2D eigenvalue weighted by Gasteiger charge is 2.39. The SMILES string of the molecule is CCN1CCC[C@H]1CCOc1ccc2c(c1)CN(C1CCC(=O)NC1=O)C2=O. The lowest BCUT2D eigenvalue weighted by molar-refractivity contribution is -0.136. The molecule has 3 amide bonds. The molecule has 0 spiro atoms. The number of benzene rings is 1. The van der Waals surface area contributed by atoms with Crippen molar-refractivity contribution in [3.63, 3.8) is 0 Å².